The van der Waals surface area contributed by atoms with Crippen LogP contribution in [-0.4, -0.2) is 53.3 Å². The number of aliphatic hydroxyl groups is 2. The highest BCUT2D eigenvalue weighted by Crippen LogP contribution is 2.09. The van der Waals surface area contributed by atoms with E-state index in [0.717, 1.165) is 4.90 Å². The van der Waals surface area contributed by atoms with E-state index in [1.807, 2.05) is 13.8 Å². The molecule has 6 nitrogen and oxygen atoms in total. The summed E-state index contributed by atoms with van der Waals surface area (Å²) in [6, 6.07) is 0. The zero-order valence-corrected chi connectivity index (χ0v) is 9.81. The highest BCUT2D eigenvalue weighted by atomic mass is 32.2. The average molecular weight is 241 g/mol. The monoisotopic (exact) mass is 241 g/mol. The molecule has 7 heteroatoms. The van der Waals surface area contributed by atoms with E-state index in [1.165, 1.54) is 0 Å². The molecule has 0 aromatic carbocycles. The van der Waals surface area contributed by atoms with E-state index in [4.69, 9.17) is 9.66 Å². The fraction of sp³-hybridized carbons (Fsp3) is 1.00. The van der Waals surface area contributed by atoms with E-state index in [-0.39, 0.29) is 19.1 Å². The molecule has 0 heterocycles. The van der Waals surface area contributed by atoms with Crippen molar-refractivity contribution in [3.63, 3.8) is 0 Å². The third-order valence-electron chi connectivity index (χ3n) is 1.82. The molecular weight excluding hydrogens is 222 g/mol. The topological polar surface area (TPSA) is 98.1 Å². The van der Waals surface area contributed by atoms with Gasteiger partial charge in [0, 0.05) is 6.54 Å². The molecule has 0 fully saturated rings. The highest BCUT2D eigenvalue weighted by Gasteiger charge is 2.21. The molecule has 0 spiro atoms. The van der Waals surface area contributed by atoms with Crippen LogP contribution in [0.15, 0.2) is 0 Å². The summed E-state index contributed by atoms with van der Waals surface area (Å²) in [5.41, 5.74) is 0. The molecule has 92 valence electrons. The van der Waals surface area contributed by atoms with Crippen LogP contribution in [0.2, 0.25) is 0 Å². The van der Waals surface area contributed by atoms with E-state index < -0.39 is 22.2 Å². The molecule has 0 amide bonds. The Kier molecular flexibility index (Phi) is 6.30. The standard InChI is InChI=1S/C8H19NO5S/c1-7(2)5-8(11)9(3-4-10)6-15(12,13)14/h7-8,10-11H,3-6H2,1-2H3,(H,12,13,14). The molecule has 0 saturated heterocycles. The van der Waals surface area contributed by atoms with Gasteiger partial charge in [0.05, 0.1) is 6.61 Å². The normalized spacial score (nSPS) is 14.9. The van der Waals surface area contributed by atoms with Gasteiger partial charge in [0.15, 0.2) is 0 Å². The molecule has 1 unspecified atom stereocenters. The van der Waals surface area contributed by atoms with Crippen LogP contribution in [0.3, 0.4) is 0 Å². The van der Waals surface area contributed by atoms with Crippen molar-refractivity contribution >= 4 is 10.1 Å². The largest absolute Gasteiger partial charge is 0.395 e. The molecule has 3 N–H and O–H groups in total. The van der Waals surface area contributed by atoms with E-state index in [2.05, 4.69) is 0 Å². The van der Waals surface area contributed by atoms with E-state index in [0.29, 0.717) is 6.42 Å². The minimum absolute atomic E-state index is 0.00762. The van der Waals surface area contributed by atoms with Crippen molar-refractivity contribution in [2.24, 2.45) is 5.92 Å². The number of nitrogens with zero attached hydrogens (tertiary/aromatic N) is 1. The second-order valence-corrected chi connectivity index (χ2v) is 5.28. The van der Waals surface area contributed by atoms with Crippen LogP contribution >= 0.6 is 0 Å². The van der Waals surface area contributed by atoms with Gasteiger partial charge in [-0.3, -0.25) is 9.45 Å². The predicted molar refractivity (Wildman–Crippen MR) is 55.7 cm³/mol. The molecule has 0 aliphatic carbocycles. The van der Waals surface area contributed by atoms with Crippen molar-refractivity contribution in [3.8, 4) is 0 Å². The Morgan fingerprint density at radius 1 is 1.33 bits per heavy atom. The molecule has 0 aromatic rings. The van der Waals surface area contributed by atoms with Gasteiger partial charge in [0.25, 0.3) is 10.1 Å². The lowest BCUT2D eigenvalue weighted by atomic mass is 10.1. The van der Waals surface area contributed by atoms with Crippen molar-refractivity contribution in [2.75, 3.05) is 19.0 Å². The van der Waals surface area contributed by atoms with Gasteiger partial charge in [-0.15, -0.1) is 0 Å². The first-order valence-corrected chi connectivity index (χ1v) is 6.35. The summed E-state index contributed by atoms with van der Waals surface area (Å²) in [7, 11) is -4.17. The average Bonchev–Trinajstić information content (AvgIpc) is 1.99. The Morgan fingerprint density at radius 3 is 2.20 bits per heavy atom. The van der Waals surface area contributed by atoms with Crippen LogP contribution in [-0.2, 0) is 10.1 Å². The Morgan fingerprint density at radius 2 is 1.87 bits per heavy atom. The smallest absolute Gasteiger partial charge is 0.278 e. The third-order valence-corrected chi connectivity index (χ3v) is 2.48. The van der Waals surface area contributed by atoms with Gasteiger partial charge in [0.1, 0.15) is 12.1 Å². The molecular formula is C8H19NO5S. The SMILES string of the molecule is CC(C)CC(O)N(CCO)CS(=O)(=O)O. The Bertz CT molecular complexity index is 264. The Balaban J connectivity index is 4.37. The van der Waals surface area contributed by atoms with E-state index in [9.17, 15) is 13.5 Å². The van der Waals surface area contributed by atoms with Crippen LogP contribution in [0, 0.1) is 5.92 Å². The Hall–Kier alpha value is -0.210. The molecule has 0 radical (unpaired) electrons. The minimum Gasteiger partial charge on any atom is -0.395 e. The lowest BCUT2D eigenvalue weighted by molar-refractivity contribution is -0.00816. The fourth-order valence-corrected chi connectivity index (χ4v) is 1.93. The van der Waals surface area contributed by atoms with Gasteiger partial charge in [-0.05, 0) is 12.3 Å². The van der Waals surface area contributed by atoms with Crippen LogP contribution < -0.4 is 0 Å². The second kappa shape index (κ2) is 6.39. The van der Waals surface area contributed by atoms with Crippen LogP contribution in [0.5, 0.6) is 0 Å². The zero-order valence-electron chi connectivity index (χ0n) is 9.00. The maximum atomic E-state index is 10.6. The number of aliphatic hydroxyl groups excluding tert-OH is 2. The minimum atomic E-state index is -4.17. The molecule has 0 aliphatic rings. The molecule has 1 atom stereocenters. The number of hydrogen-bond acceptors (Lipinski definition) is 5. The van der Waals surface area contributed by atoms with Crippen molar-refractivity contribution in [3.05, 3.63) is 0 Å². The molecule has 0 rings (SSSR count). The first-order chi connectivity index (χ1) is 6.76. The van der Waals surface area contributed by atoms with Gasteiger partial charge in [0.2, 0.25) is 0 Å². The summed E-state index contributed by atoms with van der Waals surface area (Å²) in [5.74, 6) is -0.468. The van der Waals surface area contributed by atoms with Crippen molar-refractivity contribution < 1.29 is 23.2 Å². The van der Waals surface area contributed by atoms with Crippen LogP contribution in [0.25, 0.3) is 0 Å². The molecule has 0 saturated carbocycles. The van der Waals surface area contributed by atoms with E-state index >= 15 is 0 Å². The maximum Gasteiger partial charge on any atom is 0.278 e. The molecule has 0 aliphatic heterocycles. The molecule has 15 heavy (non-hydrogen) atoms. The van der Waals surface area contributed by atoms with Gasteiger partial charge in [-0.2, -0.15) is 8.42 Å². The summed E-state index contributed by atoms with van der Waals surface area (Å²) >= 11 is 0. The summed E-state index contributed by atoms with van der Waals surface area (Å²) in [5, 5.41) is 18.3. The predicted octanol–water partition coefficient (Wildman–Crippen LogP) is -0.509. The molecule has 0 aromatic heterocycles. The first-order valence-electron chi connectivity index (χ1n) is 4.74. The van der Waals surface area contributed by atoms with Gasteiger partial charge in [-0.1, -0.05) is 13.8 Å². The second-order valence-electron chi connectivity index (χ2n) is 3.86. The number of rotatable bonds is 7. The van der Waals surface area contributed by atoms with Crippen molar-refractivity contribution in [2.45, 2.75) is 26.5 Å². The zero-order chi connectivity index (χ0) is 12.1. The van der Waals surface area contributed by atoms with Gasteiger partial charge >= 0.3 is 0 Å². The lowest BCUT2D eigenvalue weighted by Gasteiger charge is -2.26. The maximum absolute atomic E-state index is 10.6. The summed E-state index contributed by atoms with van der Waals surface area (Å²) in [4.78, 5) is 1.12. The van der Waals surface area contributed by atoms with Crippen molar-refractivity contribution in [1.29, 1.82) is 0 Å². The highest BCUT2D eigenvalue weighted by molar-refractivity contribution is 7.85. The summed E-state index contributed by atoms with van der Waals surface area (Å²) in [6.45, 7) is 3.50. The first kappa shape index (κ1) is 14.8. The Labute approximate surface area is 90.3 Å². The lowest BCUT2D eigenvalue weighted by Crippen LogP contribution is -2.41. The van der Waals surface area contributed by atoms with Crippen LogP contribution in [0.1, 0.15) is 20.3 Å². The summed E-state index contributed by atoms with van der Waals surface area (Å²) < 4.78 is 29.9. The van der Waals surface area contributed by atoms with Gasteiger partial charge in [-0.25, -0.2) is 0 Å². The number of hydrogen-bond donors (Lipinski definition) is 3. The van der Waals surface area contributed by atoms with E-state index in [1.54, 1.807) is 0 Å². The third kappa shape index (κ3) is 7.69. The van der Waals surface area contributed by atoms with Crippen molar-refractivity contribution in [1.82, 2.24) is 4.90 Å². The fourth-order valence-electron chi connectivity index (χ4n) is 1.21. The quantitative estimate of drug-likeness (QED) is 0.410. The summed E-state index contributed by atoms with van der Waals surface area (Å²) in [6.07, 6.45) is -0.589. The van der Waals surface area contributed by atoms with Crippen LogP contribution in [0.4, 0.5) is 0 Å². The molecule has 0 bridgehead atoms. The van der Waals surface area contributed by atoms with Gasteiger partial charge < -0.3 is 10.2 Å².